The molecule has 7 atom stereocenters. The predicted octanol–water partition coefficient (Wildman–Crippen LogP) is 11.3. The van der Waals surface area contributed by atoms with E-state index in [2.05, 4.69) is 61.5 Å². The maximum atomic E-state index is 12.7. The summed E-state index contributed by atoms with van der Waals surface area (Å²) in [6.45, 7) is 19.4. The summed E-state index contributed by atoms with van der Waals surface area (Å²) in [5, 5.41) is 0.147. The Morgan fingerprint density at radius 1 is 0.974 bits per heavy atom. The van der Waals surface area contributed by atoms with E-state index in [1.165, 1.54) is 56.9 Å². The maximum absolute atomic E-state index is 12.7. The molecule has 4 aliphatic rings. The number of halogens is 3. The number of allylic oxidation sites excluding steroid dienone is 4. The Labute approximate surface area is 253 Å². The van der Waals surface area contributed by atoms with E-state index >= 15 is 0 Å². The zero-order valence-electron chi connectivity index (χ0n) is 25.6. The fraction of sp³-hybridized carbons (Fsp3) is 0.794. The summed E-state index contributed by atoms with van der Waals surface area (Å²) < 4.78 is 5.99. The van der Waals surface area contributed by atoms with Crippen LogP contribution in [0.2, 0.25) is 0 Å². The summed E-state index contributed by atoms with van der Waals surface area (Å²) in [6, 6.07) is 0. The highest BCUT2D eigenvalue weighted by Crippen LogP contribution is 2.72. The number of ether oxygens (including phenoxy) is 1. The Hall–Kier alpha value is -0.440. The molecule has 2 nitrogen and oxygen atoms in total. The Bertz CT molecular complexity index is 1060. The lowest BCUT2D eigenvalue weighted by atomic mass is 9.43. The molecule has 2 fully saturated rings. The summed E-state index contributed by atoms with van der Waals surface area (Å²) in [4.78, 5) is 12.7. The number of esters is 1. The largest absolute Gasteiger partial charge is 0.462 e. The highest BCUT2D eigenvalue weighted by Gasteiger charge is 2.63. The first-order chi connectivity index (χ1) is 18.1. The van der Waals surface area contributed by atoms with Gasteiger partial charge in [-0.15, -0.1) is 0 Å². The molecule has 0 heterocycles. The Kier molecular flexibility index (Phi) is 9.15. The average molecular weight is 598 g/mol. The highest BCUT2D eigenvalue weighted by molar-refractivity contribution is 6.59. The molecular formula is C34H51Cl3O2. The first kappa shape index (κ1) is 31.5. The normalized spacial score (nSPS) is 37.8. The lowest BCUT2D eigenvalue weighted by Crippen LogP contribution is -2.55. The Morgan fingerprint density at radius 3 is 2.31 bits per heavy atom. The van der Waals surface area contributed by atoms with Crippen LogP contribution in [0.1, 0.15) is 126 Å². The third kappa shape index (κ3) is 5.43. The third-order valence-electron chi connectivity index (χ3n) is 12.4. The van der Waals surface area contributed by atoms with Gasteiger partial charge in [-0.1, -0.05) is 99.1 Å². The number of hydrogen-bond donors (Lipinski definition) is 0. The summed E-state index contributed by atoms with van der Waals surface area (Å²) in [7, 11) is 0. The van der Waals surface area contributed by atoms with Crippen molar-refractivity contribution < 1.29 is 9.53 Å². The molecule has 220 valence electrons. The smallest absolute Gasteiger partial charge is 0.311 e. The Morgan fingerprint density at radius 2 is 1.67 bits per heavy atom. The molecular weight excluding hydrogens is 547 g/mol. The molecule has 0 amide bonds. The third-order valence-corrected chi connectivity index (χ3v) is 13.4. The van der Waals surface area contributed by atoms with Gasteiger partial charge in [-0.25, -0.2) is 0 Å². The van der Waals surface area contributed by atoms with E-state index in [4.69, 9.17) is 39.5 Å². The van der Waals surface area contributed by atoms with Gasteiger partial charge in [-0.3, -0.25) is 4.79 Å². The highest BCUT2D eigenvalue weighted by atomic mass is 35.5. The van der Waals surface area contributed by atoms with Crippen molar-refractivity contribution in [3.63, 3.8) is 0 Å². The van der Waals surface area contributed by atoms with Crippen LogP contribution < -0.4 is 0 Å². The van der Waals surface area contributed by atoms with E-state index in [-0.39, 0.29) is 38.8 Å². The lowest BCUT2D eigenvalue weighted by molar-refractivity contribution is -0.168. The lowest BCUT2D eigenvalue weighted by Gasteiger charge is -2.62. The van der Waals surface area contributed by atoms with E-state index in [1.807, 2.05) is 5.57 Å². The van der Waals surface area contributed by atoms with Gasteiger partial charge < -0.3 is 4.74 Å². The van der Waals surface area contributed by atoms with E-state index in [1.54, 1.807) is 5.57 Å². The van der Waals surface area contributed by atoms with Crippen LogP contribution >= 0.6 is 34.8 Å². The van der Waals surface area contributed by atoms with Crippen molar-refractivity contribution >= 4 is 40.8 Å². The molecule has 5 heteroatoms. The van der Waals surface area contributed by atoms with Crippen LogP contribution in [0.25, 0.3) is 0 Å². The molecule has 0 aromatic carbocycles. The molecule has 0 saturated heterocycles. The van der Waals surface area contributed by atoms with E-state index < -0.39 is 0 Å². The van der Waals surface area contributed by atoms with Gasteiger partial charge in [0.05, 0.1) is 11.5 Å². The van der Waals surface area contributed by atoms with Crippen molar-refractivity contribution in [2.45, 2.75) is 132 Å². The molecule has 2 saturated carbocycles. The minimum absolute atomic E-state index is 0.0647. The molecule has 0 aromatic heterocycles. The molecule has 1 unspecified atom stereocenters. The van der Waals surface area contributed by atoms with Crippen molar-refractivity contribution in [1.29, 1.82) is 0 Å². The van der Waals surface area contributed by atoms with Crippen LogP contribution in [-0.2, 0) is 9.53 Å². The molecule has 0 N–H and O–H groups in total. The second kappa shape index (κ2) is 11.3. The van der Waals surface area contributed by atoms with Gasteiger partial charge in [-0.05, 0) is 112 Å². The fourth-order valence-electron chi connectivity index (χ4n) is 10.1. The summed E-state index contributed by atoms with van der Waals surface area (Å²) in [5.41, 5.74) is 5.79. The SMILES string of the molecule is CC(C)=CCC[C@H](C)[C@@H]1CC[C@]2(C)C3=C(CC[C@@]12C)[C@]1(C)CC[C@@H](OC(=O)CC(Cl)=C(Cl)Cl)C(C)(C)C1CC3. The first-order valence-electron chi connectivity index (χ1n) is 15.3. The fourth-order valence-corrected chi connectivity index (χ4v) is 10.3. The standard InChI is InChI=1S/C34H51Cl3O2/c1-21(2)10-9-11-22(3)23-14-18-34(8)25-12-13-27-31(4,5)28(39-29(38)20-26(35)30(36)37)16-17-32(27,6)24(25)15-19-33(23,34)7/h10,22-23,27-28H,9,11-20H2,1-8H3/t22-,23-,27?,28+,32-,33-,34+/m0/s1. The minimum atomic E-state index is -0.340. The Balaban J connectivity index is 1.56. The van der Waals surface area contributed by atoms with Gasteiger partial charge in [0.1, 0.15) is 10.6 Å². The molecule has 0 aromatic rings. The van der Waals surface area contributed by atoms with Crippen molar-refractivity contribution in [3.05, 3.63) is 32.3 Å². The number of fused-ring (bicyclic) bond motifs is 4. The number of hydrogen-bond acceptors (Lipinski definition) is 2. The second-order valence-electron chi connectivity index (χ2n) is 14.9. The molecule has 4 rings (SSSR count). The van der Waals surface area contributed by atoms with Gasteiger partial charge in [-0.2, -0.15) is 0 Å². The van der Waals surface area contributed by atoms with E-state index in [9.17, 15) is 4.79 Å². The average Bonchev–Trinajstić information content (AvgIpc) is 3.12. The van der Waals surface area contributed by atoms with Gasteiger partial charge in [0, 0.05) is 5.41 Å². The van der Waals surface area contributed by atoms with Gasteiger partial charge in [0.15, 0.2) is 0 Å². The molecule has 0 radical (unpaired) electrons. The van der Waals surface area contributed by atoms with Gasteiger partial charge >= 0.3 is 5.97 Å². The number of carbonyl (C=O) groups excluding carboxylic acids is 1. The van der Waals surface area contributed by atoms with Crippen LogP contribution in [0.15, 0.2) is 32.3 Å². The van der Waals surface area contributed by atoms with Crippen LogP contribution in [0.5, 0.6) is 0 Å². The van der Waals surface area contributed by atoms with Gasteiger partial charge in [0.25, 0.3) is 0 Å². The zero-order valence-corrected chi connectivity index (χ0v) is 27.9. The number of rotatable bonds is 7. The van der Waals surface area contributed by atoms with E-state index in [0.717, 1.165) is 24.7 Å². The van der Waals surface area contributed by atoms with Crippen LogP contribution in [-0.4, -0.2) is 12.1 Å². The molecule has 0 spiro atoms. The van der Waals surface area contributed by atoms with Gasteiger partial charge in [0.2, 0.25) is 0 Å². The summed E-state index contributed by atoms with van der Waals surface area (Å²) in [5.74, 6) is 1.73. The zero-order chi connectivity index (χ0) is 29.0. The van der Waals surface area contributed by atoms with Crippen LogP contribution in [0.4, 0.5) is 0 Å². The van der Waals surface area contributed by atoms with Crippen molar-refractivity contribution in [3.8, 4) is 0 Å². The molecule has 4 aliphatic carbocycles. The van der Waals surface area contributed by atoms with Crippen LogP contribution in [0.3, 0.4) is 0 Å². The minimum Gasteiger partial charge on any atom is -0.462 e. The molecule has 39 heavy (non-hydrogen) atoms. The monoisotopic (exact) mass is 596 g/mol. The molecule has 0 bridgehead atoms. The maximum Gasteiger partial charge on any atom is 0.311 e. The number of carbonyl (C=O) groups is 1. The summed E-state index contributed by atoms with van der Waals surface area (Å²) >= 11 is 17.6. The second-order valence-corrected chi connectivity index (χ2v) is 16.3. The summed E-state index contributed by atoms with van der Waals surface area (Å²) in [6.07, 6.45) is 14.3. The van der Waals surface area contributed by atoms with E-state index in [0.29, 0.717) is 16.7 Å². The quantitative estimate of drug-likeness (QED) is 0.215. The molecule has 0 aliphatic heterocycles. The predicted molar refractivity (Wildman–Crippen MR) is 166 cm³/mol. The first-order valence-corrected chi connectivity index (χ1v) is 16.5. The van der Waals surface area contributed by atoms with Crippen molar-refractivity contribution in [2.75, 3.05) is 0 Å². The van der Waals surface area contributed by atoms with Crippen molar-refractivity contribution in [2.24, 2.45) is 39.4 Å². The van der Waals surface area contributed by atoms with Crippen LogP contribution in [0, 0.1) is 39.4 Å². The topological polar surface area (TPSA) is 26.3 Å². The van der Waals surface area contributed by atoms with Crippen molar-refractivity contribution in [1.82, 2.24) is 0 Å².